The summed E-state index contributed by atoms with van der Waals surface area (Å²) in [5.74, 6) is 0. The fraction of sp³-hybridized carbons (Fsp3) is 0.267. The Morgan fingerprint density at radius 1 is 0.824 bits per heavy atom. The lowest BCUT2D eigenvalue weighted by Gasteiger charge is -2.29. The van der Waals surface area contributed by atoms with E-state index in [4.69, 9.17) is 10.2 Å². The van der Waals surface area contributed by atoms with Crippen LogP contribution in [0, 0.1) is 13.8 Å². The summed E-state index contributed by atoms with van der Waals surface area (Å²) in [5.41, 5.74) is 14.0. The van der Waals surface area contributed by atoms with Gasteiger partial charge in [-0.05, 0) is 80.5 Å². The van der Waals surface area contributed by atoms with Crippen molar-refractivity contribution in [2.45, 2.75) is 53.2 Å². The van der Waals surface area contributed by atoms with E-state index in [0.717, 1.165) is 0 Å². The Labute approximate surface area is 210 Å². The maximum atomic E-state index is 6.83. The molecule has 0 fully saturated rings. The third kappa shape index (κ3) is 5.11. The molecule has 0 saturated heterocycles. The van der Waals surface area contributed by atoms with Crippen molar-refractivity contribution in [1.29, 1.82) is 0 Å². The van der Waals surface area contributed by atoms with Crippen LogP contribution in [0.15, 0.2) is 78.2 Å². The molecule has 0 saturated carbocycles. The number of hydrogen-bond acceptors (Lipinski definition) is 3. The Hall–Kier alpha value is -2.50. The number of nitrogens with two attached hydrogens (primary N) is 1. The Bertz CT molecular complexity index is 1200. The van der Waals surface area contributed by atoms with E-state index in [9.17, 15) is 0 Å². The van der Waals surface area contributed by atoms with Crippen molar-refractivity contribution in [3.05, 3.63) is 105 Å². The van der Waals surface area contributed by atoms with Crippen LogP contribution < -0.4 is 16.1 Å². The highest BCUT2D eigenvalue weighted by Crippen LogP contribution is 2.39. The fourth-order valence-corrected chi connectivity index (χ4v) is 8.10. The second kappa shape index (κ2) is 10.4. The fourth-order valence-electron chi connectivity index (χ4n) is 5.07. The van der Waals surface area contributed by atoms with Crippen molar-refractivity contribution in [3.8, 4) is 11.1 Å². The Balaban J connectivity index is 1.78. The summed E-state index contributed by atoms with van der Waals surface area (Å²) in [6.07, 6.45) is 0. The average molecular weight is 486 g/mol. The van der Waals surface area contributed by atoms with Crippen molar-refractivity contribution in [2.24, 2.45) is 5.73 Å². The van der Waals surface area contributed by atoms with Crippen LogP contribution in [0.1, 0.15) is 47.9 Å². The molecule has 0 unspecified atom stereocenters. The van der Waals surface area contributed by atoms with Crippen LogP contribution >= 0.6 is 11.3 Å². The number of thiophene rings is 1. The molecule has 1 aromatic heterocycles. The van der Waals surface area contributed by atoms with Gasteiger partial charge < -0.3 is 10.2 Å². The third-order valence-corrected chi connectivity index (χ3v) is 9.96. The van der Waals surface area contributed by atoms with Gasteiger partial charge in [-0.25, -0.2) is 0 Å². The van der Waals surface area contributed by atoms with Gasteiger partial charge in [0.05, 0.1) is 6.61 Å². The predicted molar refractivity (Wildman–Crippen MR) is 150 cm³/mol. The molecule has 2 nitrogen and oxygen atoms in total. The average Bonchev–Trinajstić information content (AvgIpc) is 3.30. The van der Waals surface area contributed by atoms with Gasteiger partial charge in [-0.15, -0.1) is 11.3 Å². The number of rotatable bonds is 7. The van der Waals surface area contributed by atoms with Crippen LogP contribution in [0.2, 0.25) is 0 Å². The smallest absolute Gasteiger partial charge is 0.240 e. The summed E-state index contributed by atoms with van der Waals surface area (Å²) in [6.45, 7) is 12.6. The molecule has 2 N–H and O–H groups in total. The first kappa shape index (κ1) is 24.6. The number of hydrogen-bond donors (Lipinski definition) is 1. The summed E-state index contributed by atoms with van der Waals surface area (Å²) in [5, 5.41) is 4.76. The highest BCUT2D eigenvalue weighted by molar-refractivity contribution is 7.10. The molecule has 0 aliphatic carbocycles. The molecule has 4 heteroatoms. The van der Waals surface area contributed by atoms with Crippen LogP contribution in [0.4, 0.5) is 0 Å². The van der Waals surface area contributed by atoms with E-state index in [1.54, 1.807) is 11.3 Å². The second-order valence-corrected chi connectivity index (χ2v) is 13.4. The van der Waals surface area contributed by atoms with Crippen molar-refractivity contribution in [1.82, 2.24) is 0 Å². The minimum Gasteiger partial charge on any atom is -0.407 e. The second-order valence-electron chi connectivity index (χ2n) is 9.93. The van der Waals surface area contributed by atoms with Gasteiger partial charge in [-0.2, -0.15) is 0 Å². The van der Waals surface area contributed by atoms with E-state index in [1.807, 2.05) is 0 Å². The molecule has 1 heterocycles. The summed E-state index contributed by atoms with van der Waals surface area (Å²) < 4.78 is 6.83. The highest BCUT2D eigenvalue weighted by Gasteiger charge is 2.25. The molecule has 0 aliphatic heterocycles. The molecule has 0 spiro atoms. The summed E-state index contributed by atoms with van der Waals surface area (Å²) in [4.78, 5) is 1.24. The lowest BCUT2D eigenvalue weighted by atomic mass is 9.77. The molecular weight excluding hydrogens is 450 g/mol. The van der Waals surface area contributed by atoms with Crippen molar-refractivity contribution < 1.29 is 4.43 Å². The summed E-state index contributed by atoms with van der Waals surface area (Å²) in [6, 6.07) is 26.0. The lowest BCUT2D eigenvalue weighted by molar-refractivity contribution is 0.320. The standard InChI is InChI=1S/C30H35NOSSi/c1-21-23(20-32-34(24-12-8-6-9-13-24)25-14-10-7-11-15-25)18-27(22(2)29(21)30(3,4)5)26-16-17-33-28(26)19-31/h6-18,34H,19-20,31H2,1-5H3. The zero-order valence-corrected chi connectivity index (χ0v) is 22.9. The van der Waals surface area contributed by atoms with Crippen LogP contribution in [0.25, 0.3) is 11.1 Å². The van der Waals surface area contributed by atoms with Crippen LogP contribution in [-0.2, 0) is 23.0 Å². The van der Waals surface area contributed by atoms with Gasteiger partial charge in [0.15, 0.2) is 0 Å². The molecule has 3 aromatic carbocycles. The van der Waals surface area contributed by atoms with Gasteiger partial charge in [0.2, 0.25) is 9.04 Å². The Morgan fingerprint density at radius 3 is 1.94 bits per heavy atom. The maximum absolute atomic E-state index is 6.83. The minimum absolute atomic E-state index is 0.0352. The van der Waals surface area contributed by atoms with Gasteiger partial charge in [-0.1, -0.05) is 81.4 Å². The molecule has 0 bridgehead atoms. The van der Waals surface area contributed by atoms with Crippen molar-refractivity contribution >= 4 is 30.8 Å². The zero-order valence-electron chi connectivity index (χ0n) is 20.9. The van der Waals surface area contributed by atoms with Gasteiger partial charge in [0.25, 0.3) is 0 Å². The van der Waals surface area contributed by atoms with Crippen molar-refractivity contribution in [3.63, 3.8) is 0 Å². The molecule has 4 aromatic rings. The van der Waals surface area contributed by atoms with Crippen LogP contribution in [0.5, 0.6) is 0 Å². The normalized spacial score (nSPS) is 11.9. The van der Waals surface area contributed by atoms with Crippen LogP contribution in [0.3, 0.4) is 0 Å². The van der Waals surface area contributed by atoms with E-state index in [0.29, 0.717) is 13.2 Å². The maximum Gasteiger partial charge on any atom is 0.240 e. The molecule has 0 aliphatic rings. The number of benzene rings is 3. The van der Waals surface area contributed by atoms with Gasteiger partial charge in [-0.3, -0.25) is 0 Å². The first-order valence-corrected chi connectivity index (χ1v) is 14.4. The van der Waals surface area contributed by atoms with E-state index in [2.05, 4.69) is 113 Å². The first-order valence-electron chi connectivity index (χ1n) is 11.9. The van der Waals surface area contributed by atoms with E-state index >= 15 is 0 Å². The molecule has 34 heavy (non-hydrogen) atoms. The Kier molecular flexibility index (Phi) is 7.53. The predicted octanol–water partition coefficient (Wildman–Crippen LogP) is 5.84. The largest absolute Gasteiger partial charge is 0.407 e. The lowest BCUT2D eigenvalue weighted by Crippen LogP contribution is -2.44. The van der Waals surface area contributed by atoms with Gasteiger partial charge in [0, 0.05) is 11.4 Å². The van der Waals surface area contributed by atoms with E-state index in [1.165, 1.54) is 48.6 Å². The first-order chi connectivity index (χ1) is 16.3. The van der Waals surface area contributed by atoms with E-state index in [-0.39, 0.29) is 5.41 Å². The van der Waals surface area contributed by atoms with Crippen LogP contribution in [-0.4, -0.2) is 9.04 Å². The summed E-state index contributed by atoms with van der Waals surface area (Å²) in [7, 11) is -1.82. The minimum atomic E-state index is -1.82. The molecule has 0 amide bonds. The molecule has 0 atom stereocenters. The highest BCUT2D eigenvalue weighted by atomic mass is 32.1. The molecule has 4 rings (SSSR count). The van der Waals surface area contributed by atoms with Crippen molar-refractivity contribution in [2.75, 3.05) is 0 Å². The monoisotopic (exact) mass is 485 g/mol. The van der Waals surface area contributed by atoms with Gasteiger partial charge in [0.1, 0.15) is 0 Å². The zero-order chi connectivity index (χ0) is 24.3. The SMILES string of the molecule is Cc1c(CO[SiH](c2ccccc2)c2ccccc2)cc(-c2ccsc2CN)c(C)c1C(C)(C)C. The summed E-state index contributed by atoms with van der Waals surface area (Å²) >= 11 is 1.74. The molecule has 176 valence electrons. The van der Waals surface area contributed by atoms with E-state index < -0.39 is 9.04 Å². The molecule has 0 radical (unpaired) electrons. The quantitative estimate of drug-likeness (QED) is 0.334. The molecular formula is C30H35NOSSi. The van der Waals surface area contributed by atoms with Gasteiger partial charge >= 0.3 is 0 Å². The Morgan fingerprint density at radius 2 is 1.41 bits per heavy atom. The topological polar surface area (TPSA) is 35.2 Å². The third-order valence-electron chi connectivity index (χ3n) is 6.54.